The summed E-state index contributed by atoms with van der Waals surface area (Å²) in [6, 6.07) is 5.88. The normalized spacial score (nSPS) is 29.7. The molecular formula is C20H23N3O2S2. The van der Waals surface area contributed by atoms with Crippen LogP contribution in [0.4, 0.5) is 0 Å². The Balaban J connectivity index is 1.37. The van der Waals surface area contributed by atoms with E-state index in [1.165, 1.54) is 24.6 Å². The van der Waals surface area contributed by atoms with Crippen LogP contribution in [0.2, 0.25) is 0 Å². The van der Waals surface area contributed by atoms with Crippen molar-refractivity contribution in [3.8, 4) is 0 Å². The first-order valence-electron chi connectivity index (χ1n) is 9.81. The van der Waals surface area contributed by atoms with E-state index >= 15 is 0 Å². The number of piperidine rings is 1. The number of carbonyl (C=O) groups excluding carboxylic acids is 1. The molecule has 4 heterocycles. The van der Waals surface area contributed by atoms with Crippen molar-refractivity contribution in [2.45, 2.75) is 50.6 Å². The van der Waals surface area contributed by atoms with Crippen LogP contribution >= 0.6 is 24.0 Å². The Kier molecular flexibility index (Phi) is 4.39. The van der Waals surface area contributed by atoms with Crippen LogP contribution in [0, 0.1) is 5.92 Å². The molecule has 1 aliphatic carbocycles. The first-order chi connectivity index (χ1) is 13.1. The van der Waals surface area contributed by atoms with Gasteiger partial charge in [-0.15, -0.1) is 0 Å². The monoisotopic (exact) mass is 401 g/mol. The van der Waals surface area contributed by atoms with Gasteiger partial charge in [-0.1, -0.05) is 42.9 Å². The van der Waals surface area contributed by atoms with Gasteiger partial charge in [-0.05, 0) is 31.2 Å². The second-order valence-corrected chi connectivity index (χ2v) is 9.80. The Morgan fingerprint density at radius 3 is 2.74 bits per heavy atom. The quantitative estimate of drug-likeness (QED) is 0.563. The Hall–Kier alpha value is -1.60. The number of aromatic nitrogens is 1. The summed E-state index contributed by atoms with van der Waals surface area (Å²) in [5, 5.41) is 0. The van der Waals surface area contributed by atoms with Gasteiger partial charge in [-0.3, -0.25) is 14.5 Å². The molecule has 1 amide bonds. The molecular weight excluding hydrogens is 378 g/mol. The summed E-state index contributed by atoms with van der Waals surface area (Å²) in [6.07, 6.45) is 7.67. The topological polar surface area (TPSA) is 45.6 Å². The van der Waals surface area contributed by atoms with Crippen molar-refractivity contribution in [2.24, 2.45) is 5.92 Å². The number of amides is 1. The number of likely N-dealkylation sites (tertiary alicyclic amines) is 1. The summed E-state index contributed by atoms with van der Waals surface area (Å²) in [5.41, 5.74) is 1.24. The van der Waals surface area contributed by atoms with Crippen LogP contribution in [0.5, 0.6) is 0 Å². The summed E-state index contributed by atoms with van der Waals surface area (Å²) in [7, 11) is 0. The zero-order chi connectivity index (χ0) is 18.5. The average Bonchev–Trinajstić information content (AvgIpc) is 3.24. The molecule has 0 unspecified atom stereocenters. The van der Waals surface area contributed by atoms with E-state index in [0.29, 0.717) is 22.2 Å². The predicted octanol–water partition coefficient (Wildman–Crippen LogP) is 2.91. The highest BCUT2D eigenvalue weighted by Crippen LogP contribution is 2.39. The van der Waals surface area contributed by atoms with Crippen molar-refractivity contribution in [3.63, 3.8) is 0 Å². The number of hydrogen-bond donors (Lipinski definition) is 0. The largest absolute Gasteiger partial charge is 0.375 e. The van der Waals surface area contributed by atoms with Gasteiger partial charge in [0.25, 0.3) is 11.5 Å². The summed E-state index contributed by atoms with van der Waals surface area (Å²) in [5.74, 6) is 0.888. The minimum atomic E-state index is 0.0873. The van der Waals surface area contributed by atoms with Gasteiger partial charge in [0.1, 0.15) is 4.32 Å². The lowest BCUT2D eigenvalue weighted by molar-refractivity contribution is -0.123. The summed E-state index contributed by atoms with van der Waals surface area (Å²) < 4.78 is 2.66. The molecule has 0 radical (unpaired) electrons. The molecule has 0 N–H and O–H groups in total. The highest BCUT2D eigenvalue weighted by Gasteiger charge is 2.39. The standard InChI is InChI=1S/C20H23N3O2S2/c24-18-7-3-6-16-14-8-13(10-22(16)18)9-21(11-14)12-17-19(25)23(20(26)27-17)15-4-1-2-5-15/h3,6-7,12-15H,1-2,4-5,8-11H2/t13-,14-/m1/s1. The Morgan fingerprint density at radius 1 is 1.11 bits per heavy atom. The smallest absolute Gasteiger partial charge is 0.267 e. The number of thioether (sulfide) groups is 1. The summed E-state index contributed by atoms with van der Waals surface area (Å²) in [6.45, 7) is 2.52. The second kappa shape index (κ2) is 6.78. The minimum absolute atomic E-state index is 0.0873. The maximum Gasteiger partial charge on any atom is 0.267 e. The molecule has 1 saturated carbocycles. The molecule has 0 spiro atoms. The van der Waals surface area contributed by atoms with E-state index in [1.54, 1.807) is 6.07 Å². The molecule has 3 fully saturated rings. The van der Waals surface area contributed by atoms with Crippen molar-refractivity contribution in [1.29, 1.82) is 0 Å². The fourth-order valence-electron chi connectivity index (χ4n) is 5.15. The van der Waals surface area contributed by atoms with Crippen LogP contribution in [-0.2, 0) is 11.3 Å². The van der Waals surface area contributed by atoms with Gasteiger partial charge in [-0.2, -0.15) is 0 Å². The van der Waals surface area contributed by atoms with Crippen molar-refractivity contribution >= 4 is 34.2 Å². The number of fused-ring (bicyclic) bond motifs is 4. The summed E-state index contributed by atoms with van der Waals surface area (Å²) >= 11 is 6.97. The molecule has 0 aromatic carbocycles. The van der Waals surface area contributed by atoms with E-state index in [-0.39, 0.29) is 11.5 Å². The molecule has 2 bridgehead atoms. The number of rotatable bonds is 2. The first-order valence-corrected chi connectivity index (χ1v) is 11.0. The van der Waals surface area contributed by atoms with Crippen molar-refractivity contribution < 1.29 is 4.79 Å². The maximum atomic E-state index is 12.9. The van der Waals surface area contributed by atoms with Crippen LogP contribution < -0.4 is 5.56 Å². The van der Waals surface area contributed by atoms with Gasteiger partial charge >= 0.3 is 0 Å². The van der Waals surface area contributed by atoms with Crippen molar-refractivity contribution in [1.82, 2.24) is 14.4 Å². The fourth-order valence-corrected chi connectivity index (χ4v) is 6.56. The number of nitrogens with zero attached hydrogens (tertiary/aromatic N) is 3. The molecule has 2 saturated heterocycles. The third-order valence-corrected chi connectivity index (χ3v) is 7.64. The van der Waals surface area contributed by atoms with Gasteiger partial charge in [0.15, 0.2) is 0 Å². The van der Waals surface area contributed by atoms with Crippen LogP contribution in [-0.4, -0.2) is 43.7 Å². The SMILES string of the molecule is O=C1C(=CN2C[C@H]3C[C@H](C2)c2cccc(=O)n2C3)SC(=S)N1C1CCCC1. The molecule has 5 rings (SSSR count). The maximum absolute atomic E-state index is 12.9. The van der Waals surface area contributed by atoms with E-state index in [9.17, 15) is 9.59 Å². The van der Waals surface area contributed by atoms with Crippen LogP contribution in [0.1, 0.15) is 43.7 Å². The number of pyridine rings is 1. The van der Waals surface area contributed by atoms with Gasteiger partial charge in [0.05, 0.1) is 4.91 Å². The molecule has 1 aromatic heterocycles. The highest BCUT2D eigenvalue weighted by atomic mass is 32.2. The molecule has 2 atom stereocenters. The molecule has 7 heteroatoms. The van der Waals surface area contributed by atoms with E-state index in [1.807, 2.05) is 21.7 Å². The minimum Gasteiger partial charge on any atom is -0.375 e. The molecule has 4 aliphatic rings. The van der Waals surface area contributed by atoms with Crippen LogP contribution in [0.15, 0.2) is 34.1 Å². The molecule has 27 heavy (non-hydrogen) atoms. The molecule has 142 valence electrons. The van der Waals surface area contributed by atoms with Crippen LogP contribution in [0.25, 0.3) is 0 Å². The molecule has 1 aromatic rings. The van der Waals surface area contributed by atoms with E-state index in [2.05, 4.69) is 11.0 Å². The zero-order valence-corrected chi connectivity index (χ0v) is 16.8. The van der Waals surface area contributed by atoms with Crippen molar-refractivity contribution in [2.75, 3.05) is 13.1 Å². The first kappa shape index (κ1) is 17.5. The van der Waals surface area contributed by atoms with Gasteiger partial charge in [0.2, 0.25) is 0 Å². The Labute approximate surface area is 168 Å². The molecule has 3 aliphatic heterocycles. The summed E-state index contributed by atoms with van der Waals surface area (Å²) in [4.78, 5) is 30.0. The zero-order valence-electron chi connectivity index (χ0n) is 15.2. The fraction of sp³-hybridized carbons (Fsp3) is 0.550. The lowest BCUT2D eigenvalue weighted by atomic mass is 9.83. The van der Waals surface area contributed by atoms with Gasteiger partial charge in [-0.25, -0.2) is 0 Å². The van der Waals surface area contributed by atoms with E-state index in [4.69, 9.17) is 12.2 Å². The van der Waals surface area contributed by atoms with Crippen molar-refractivity contribution in [3.05, 3.63) is 45.4 Å². The lowest BCUT2D eigenvalue weighted by Crippen LogP contribution is -2.45. The highest BCUT2D eigenvalue weighted by molar-refractivity contribution is 8.26. The lowest BCUT2D eigenvalue weighted by Gasteiger charge is -2.42. The Bertz CT molecular complexity index is 887. The van der Waals surface area contributed by atoms with E-state index in [0.717, 1.165) is 49.5 Å². The molecule has 5 nitrogen and oxygen atoms in total. The third-order valence-electron chi connectivity index (χ3n) is 6.32. The van der Waals surface area contributed by atoms with Crippen LogP contribution in [0.3, 0.4) is 0 Å². The van der Waals surface area contributed by atoms with Gasteiger partial charge in [0, 0.05) is 49.6 Å². The van der Waals surface area contributed by atoms with Gasteiger partial charge < -0.3 is 9.47 Å². The average molecular weight is 402 g/mol. The second-order valence-electron chi connectivity index (χ2n) is 8.13. The predicted molar refractivity (Wildman–Crippen MR) is 110 cm³/mol. The number of thiocarbonyl (C=S) groups is 1. The number of hydrogen-bond acceptors (Lipinski definition) is 5. The Morgan fingerprint density at radius 2 is 1.93 bits per heavy atom. The third kappa shape index (κ3) is 3.05. The number of carbonyl (C=O) groups is 1. The van der Waals surface area contributed by atoms with E-state index < -0.39 is 0 Å².